The molecule has 0 aliphatic carbocycles. The van der Waals surface area contributed by atoms with Gasteiger partial charge in [-0.05, 0) is 20.8 Å². The summed E-state index contributed by atoms with van der Waals surface area (Å²) in [6.45, 7) is 15.8. The fraction of sp³-hybridized carbons (Fsp3) is 0.619. The van der Waals surface area contributed by atoms with Crippen molar-refractivity contribution in [2.75, 3.05) is 31.1 Å². The standard InChI is InChI=1S/C15H21N2O2.C6H12O.Be/c1-15(2,3)19-14(18)17-11-9-16(10-12-17)13-7-5-4-6-8-13;1-5(2)6(3,4)7;/h5-8H,9-12H2,1-3H3;1-4H3;/q-1;-2;+2. The minimum absolute atomic E-state index is 0. The quantitative estimate of drug-likeness (QED) is 0.593. The van der Waals surface area contributed by atoms with Crippen LogP contribution in [-0.4, -0.2) is 58.5 Å². The van der Waals surface area contributed by atoms with Crippen LogP contribution >= 0.6 is 0 Å². The van der Waals surface area contributed by atoms with E-state index in [2.05, 4.69) is 11.0 Å². The molecule has 0 saturated carbocycles. The minimum atomic E-state index is -0.833. The molecule has 0 radical (unpaired) electrons. The van der Waals surface area contributed by atoms with Gasteiger partial charge in [-0.2, -0.15) is 32.0 Å². The van der Waals surface area contributed by atoms with Crippen molar-refractivity contribution in [3.8, 4) is 0 Å². The zero-order chi connectivity index (χ0) is 20.0. The number of ether oxygens (including phenoxy) is 1. The Bertz CT molecular complexity index is 543. The van der Waals surface area contributed by atoms with E-state index >= 15 is 0 Å². The van der Waals surface area contributed by atoms with Crippen molar-refractivity contribution in [1.29, 1.82) is 0 Å². The van der Waals surface area contributed by atoms with Crippen LogP contribution in [0, 0.1) is 12.0 Å². The number of carbonyl (C=O) groups excluding carboxylic acids is 1. The van der Waals surface area contributed by atoms with Gasteiger partial charge >= 0.3 is 16.2 Å². The third kappa shape index (κ3) is 9.78. The molecular formula is C21H33BeN2O3-. The summed E-state index contributed by atoms with van der Waals surface area (Å²) in [5.41, 5.74) is -0.0775. The molecule has 0 N–H and O–H groups in total. The molecule has 2 rings (SSSR count). The van der Waals surface area contributed by atoms with E-state index in [1.807, 2.05) is 58.9 Å². The molecule has 1 aliphatic heterocycles. The molecule has 27 heavy (non-hydrogen) atoms. The van der Waals surface area contributed by atoms with Crippen LogP contribution in [0.5, 0.6) is 0 Å². The molecule has 1 aromatic carbocycles. The van der Waals surface area contributed by atoms with Crippen molar-refractivity contribution in [1.82, 2.24) is 4.90 Å². The molecule has 148 valence electrons. The minimum Gasteiger partial charge on any atom is -0.873 e. The molecule has 1 aromatic rings. The van der Waals surface area contributed by atoms with Crippen molar-refractivity contribution in [2.24, 2.45) is 0 Å². The summed E-state index contributed by atoms with van der Waals surface area (Å²) in [6.07, 6.45) is -0.214. The van der Waals surface area contributed by atoms with E-state index in [-0.39, 0.29) is 16.2 Å². The summed E-state index contributed by atoms with van der Waals surface area (Å²) >= 11 is 0. The zero-order valence-corrected chi connectivity index (χ0v) is 18.0. The Kier molecular flexibility index (Phi) is 10.1. The molecular weight excluding hydrogens is 337 g/mol. The normalized spacial score (nSPS) is 14.9. The largest absolute Gasteiger partial charge is 2.00 e. The molecule has 1 amide bonds. The second kappa shape index (κ2) is 10.7. The van der Waals surface area contributed by atoms with Crippen LogP contribution in [0.3, 0.4) is 0 Å². The van der Waals surface area contributed by atoms with Crippen LogP contribution in [0.2, 0.25) is 0 Å². The summed E-state index contributed by atoms with van der Waals surface area (Å²) in [6, 6.07) is 10.9. The van der Waals surface area contributed by atoms with Gasteiger partial charge in [0.2, 0.25) is 0 Å². The van der Waals surface area contributed by atoms with Gasteiger partial charge in [-0.3, -0.25) is 5.60 Å². The summed E-state index contributed by atoms with van der Waals surface area (Å²) < 4.78 is 5.38. The maximum absolute atomic E-state index is 11.9. The second-order valence-electron chi connectivity index (χ2n) is 8.22. The van der Waals surface area contributed by atoms with Gasteiger partial charge in [0.05, 0.1) is 0 Å². The van der Waals surface area contributed by atoms with Crippen molar-refractivity contribution in [3.05, 3.63) is 36.2 Å². The first-order valence-corrected chi connectivity index (χ1v) is 9.10. The number of piperazine rings is 1. The number of hydrogen-bond acceptors (Lipinski definition) is 4. The Balaban J connectivity index is 0.000000728. The topological polar surface area (TPSA) is 55.8 Å². The van der Waals surface area contributed by atoms with Crippen LogP contribution in [-0.2, 0) is 4.74 Å². The summed E-state index contributed by atoms with van der Waals surface area (Å²) in [5.74, 6) is 0.938. The summed E-state index contributed by atoms with van der Waals surface area (Å²) in [4.78, 5) is 16.0. The molecule has 0 unspecified atom stereocenters. The Morgan fingerprint density at radius 2 is 1.52 bits per heavy atom. The van der Waals surface area contributed by atoms with Crippen LogP contribution in [0.25, 0.3) is 0 Å². The molecule has 0 atom stereocenters. The molecule has 0 bridgehead atoms. The zero-order valence-electron chi connectivity index (χ0n) is 18.0. The fourth-order valence-electron chi connectivity index (χ4n) is 2.06. The number of rotatable bonds is 2. The Morgan fingerprint density at radius 1 is 1.07 bits per heavy atom. The Labute approximate surface area is 168 Å². The van der Waals surface area contributed by atoms with E-state index in [4.69, 9.17) is 4.74 Å². The van der Waals surface area contributed by atoms with E-state index < -0.39 is 11.2 Å². The fourth-order valence-corrected chi connectivity index (χ4v) is 2.06. The monoisotopic (exact) mass is 370 g/mol. The third-order valence-corrected chi connectivity index (χ3v) is 4.20. The van der Waals surface area contributed by atoms with Gasteiger partial charge in [-0.25, -0.2) is 4.79 Å². The van der Waals surface area contributed by atoms with Gasteiger partial charge < -0.3 is 25.6 Å². The van der Waals surface area contributed by atoms with Gasteiger partial charge in [-0.1, -0.05) is 5.69 Å². The first kappa shape index (κ1) is 25.4. The number of anilines is 1. The Hall–Kier alpha value is -1.58. The third-order valence-electron chi connectivity index (χ3n) is 4.20. The van der Waals surface area contributed by atoms with E-state index in [1.165, 1.54) is 5.69 Å². The van der Waals surface area contributed by atoms with Gasteiger partial charge in [0.25, 0.3) is 0 Å². The Morgan fingerprint density at radius 3 is 1.89 bits per heavy atom. The first-order valence-electron chi connectivity index (χ1n) is 9.10. The number of carbonyl (C=O) groups is 1. The van der Waals surface area contributed by atoms with E-state index in [0.29, 0.717) is 13.1 Å². The second-order valence-corrected chi connectivity index (χ2v) is 8.22. The number of amides is 1. The molecule has 0 aromatic heterocycles. The van der Waals surface area contributed by atoms with Crippen molar-refractivity contribution < 1.29 is 14.6 Å². The van der Waals surface area contributed by atoms with Gasteiger partial charge in [0, 0.05) is 26.2 Å². The van der Waals surface area contributed by atoms with Crippen LogP contribution < -0.4 is 10.0 Å². The van der Waals surface area contributed by atoms with Crippen LogP contribution in [0.15, 0.2) is 24.3 Å². The summed E-state index contributed by atoms with van der Waals surface area (Å²) in [5, 5.41) is 10.8. The molecule has 1 fully saturated rings. The smallest absolute Gasteiger partial charge is 0.873 e. The molecule has 1 saturated heterocycles. The van der Waals surface area contributed by atoms with Gasteiger partial charge in [0.1, 0.15) is 5.60 Å². The maximum atomic E-state index is 11.9. The molecule has 1 aliphatic rings. The molecule has 1 heterocycles. The van der Waals surface area contributed by atoms with E-state index in [9.17, 15) is 9.90 Å². The molecule has 6 heteroatoms. The van der Waals surface area contributed by atoms with Crippen LogP contribution in [0.4, 0.5) is 10.5 Å². The van der Waals surface area contributed by atoms with Crippen molar-refractivity contribution in [3.63, 3.8) is 0 Å². The average molecular weight is 371 g/mol. The predicted octanol–water partition coefficient (Wildman–Crippen LogP) is 2.90. The number of nitrogens with zero attached hydrogens (tertiary/aromatic N) is 2. The molecule has 0 spiro atoms. The van der Waals surface area contributed by atoms with Crippen molar-refractivity contribution in [2.45, 2.75) is 59.7 Å². The van der Waals surface area contributed by atoms with E-state index in [0.717, 1.165) is 19.0 Å². The average Bonchev–Trinajstić information content (AvgIpc) is 2.54. The van der Waals surface area contributed by atoms with Crippen molar-refractivity contribution >= 4 is 21.9 Å². The first-order chi connectivity index (χ1) is 11.9. The van der Waals surface area contributed by atoms with Gasteiger partial charge in [0.15, 0.2) is 0 Å². The number of hydrogen-bond donors (Lipinski definition) is 0. The maximum Gasteiger partial charge on any atom is 2.00 e. The SMILES string of the molecule is CC(C)(C)OC(=O)N1CCN(c2cc[c-]cc2)CC1.C[C-](C)C(C)(C)[O-].[Be+2]. The summed E-state index contributed by atoms with van der Waals surface area (Å²) in [7, 11) is 0. The predicted molar refractivity (Wildman–Crippen MR) is 110 cm³/mol. The van der Waals surface area contributed by atoms with Crippen LogP contribution in [0.1, 0.15) is 48.5 Å². The van der Waals surface area contributed by atoms with Gasteiger partial charge in [-0.15, -0.1) is 26.0 Å². The van der Waals surface area contributed by atoms with E-state index in [1.54, 1.807) is 18.7 Å². The number of benzene rings is 1. The molecule has 5 nitrogen and oxygen atoms in total.